The van der Waals surface area contributed by atoms with Crippen LogP contribution in [0, 0.1) is 6.92 Å². The van der Waals surface area contributed by atoms with E-state index < -0.39 is 15.7 Å². The molecule has 0 aliphatic heterocycles. The second-order valence-corrected chi connectivity index (χ2v) is 6.78. The molecule has 0 aliphatic carbocycles. The Morgan fingerprint density at radius 1 is 1.04 bits per heavy atom. The van der Waals surface area contributed by atoms with Crippen LogP contribution < -0.4 is 9.81 Å². The average molecular weight is 330 g/mol. The molecule has 2 aromatic carbocycles. The van der Waals surface area contributed by atoms with Gasteiger partial charge in [0.15, 0.2) is 0 Å². The van der Waals surface area contributed by atoms with Crippen molar-refractivity contribution in [1.82, 2.24) is 0 Å². The van der Waals surface area contributed by atoms with Gasteiger partial charge in [-0.05, 0) is 30.2 Å². The predicted octanol–water partition coefficient (Wildman–Crippen LogP) is 3.11. The van der Waals surface area contributed by atoms with Gasteiger partial charge < -0.3 is 8.60 Å². The largest absolute Gasteiger partial charge is 0.422 e. The number of fused-ring (bicyclic) bond motifs is 1. The van der Waals surface area contributed by atoms with Crippen LogP contribution in [0.4, 0.5) is 0 Å². The third-order valence-electron chi connectivity index (χ3n) is 3.45. The highest BCUT2D eigenvalue weighted by Gasteiger charge is 2.14. The quantitative estimate of drug-likeness (QED) is 0.545. The van der Waals surface area contributed by atoms with E-state index in [9.17, 15) is 13.2 Å². The van der Waals surface area contributed by atoms with Crippen LogP contribution in [0.25, 0.3) is 22.1 Å². The van der Waals surface area contributed by atoms with Gasteiger partial charge in [-0.3, -0.25) is 0 Å². The van der Waals surface area contributed by atoms with Crippen LogP contribution in [0.3, 0.4) is 0 Å². The summed E-state index contributed by atoms with van der Waals surface area (Å²) >= 11 is 0. The van der Waals surface area contributed by atoms with Gasteiger partial charge >= 0.3 is 15.7 Å². The summed E-state index contributed by atoms with van der Waals surface area (Å²) < 4.78 is 32.6. The Bertz CT molecular complexity index is 1030. The lowest BCUT2D eigenvalue weighted by molar-refractivity contribution is 0.492. The molecule has 0 bridgehead atoms. The molecule has 0 radical (unpaired) electrons. The van der Waals surface area contributed by atoms with E-state index in [1.54, 1.807) is 6.07 Å². The molecule has 23 heavy (non-hydrogen) atoms. The second kappa shape index (κ2) is 5.55. The van der Waals surface area contributed by atoms with Crippen LogP contribution in [0.2, 0.25) is 0 Å². The third-order valence-corrected chi connectivity index (χ3v) is 3.94. The van der Waals surface area contributed by atoms with E-state index in [2.05, 4.69) is 0 Å². The summed E-state index contributed by atoms with van der Waals surface area (Å²) in [5.41, 5.74) is 1.85. The third kappa shape index (κ3) is 3.12. The van der Waals surface area contributed by atoms with Crippen LogP contribution in [-0.2, 0) is 10.1 Å². The van der Waals surface area contributed by atoms with Crippen molar-refractivity contribution in [2.45, 2.75) is 6.92 Å². The molecule has 3 rings (SSSR count). The fourth-order valence-corrected chi connectivity index (χ4v) is 2.95. The van der Waals surface area contributed by atoms with Gasteiger partial charge in [0.2, 0.25) is 0 Å². The Balaban J connectivity index is 2.21. The Morgan fingerprint density at radius 3 is 2.39 bits per heavy atom. The normalized spacial score (nSPS) is 11.6. The van der Waals surface area contributed by atoms with Crippen molar-refractivity contribution >= 4 is 21.1 Å². The number of benzene rings is 2. The lowest BCUT2D eigenvalue weighted by atomic mass is 10.00. The molecule has 118 valence electrons. The highest BCUT2D eigenvalue weighted by Crippen LogP contribution is 2.29. The van der Waals surface area contributed by atoms with Gasteiger partial charge in [-0.15, -0.1) is 0 Å². The van der Waals surface area contributed by atoms with E-state index >= 15 is 0 Å². The van der Waals surface area contributed by atoms with Gasteiger partial charge in [0.1, 0.15) is 11.3 Å². The molecular formula is C17H14O5S. The first-order chi connectivity index (χ1) is 10.8. The average Bonchev–Trinajstić information content (AvgIpc) is 2.46. The molecule has 6 heteroatoms. The predicted molar refractivity (Wildman–Crippen MR) is 88.1 cm³/mol. The fourth-order valence-electron chi connectivity index (χ4n) is 2.50. The zero-order valence-corrected chi connectivity index (χ0v) is 13.4. The van der Waals surface area contributed by atoms with Crippen molar-refractivity contribution in [2.24, 2.45) is 0 Å². The summed E-state index contributed by atoms with van der Waals surface area (Å²) in [7, 11) is -3.64. The smallest absolute Gasteiger partial charge is 0.344 e. The monoisotopic (exact) mass is 330 g/mol. The first kappa shape index (κ1) is 15.3. The second-order valence-electron chi connectivity index (χ2n) is 5.20. The summed E-state index contributed by atoms with van der Waals surface area (Å²) in [5, 5.41) is 0.726. The first-order valence-corrected chi connectivity index (χ1v) is 8.69. The minimum atomic E-state index is -3.64. The molecule has 0 saturated heterocycles. The minimum absolute atomic E-state index is 0.106. The van der Waals surface area contributed by atoms with Crippen LogP contribution in [-0.4, -0.2) is 14.7 Å². The molecule has 0 spiro atoms. The maximum absolute atomic E-state index is 12.3. The molecular weight excluding hydrogens is 316 g/mol. The van der Waals surface area contributed by atoms with Gasteiger partial charge in [-0.2, -0.15) is 8.42 Å². The van der Waals surface area contributed by atoms with Crippen molar-refractivity contribution in [3.8, 4) is 16.9 Å². The summed E-state index contributed by atoms with van der Waals surface area (Å²) in [4.78, 5) is 12.3. The van der Waals surface area contributed by atoms with Crippen LogP contribution in [0.15, 0.2) is 57.7 Å². The van der Waals surface area contributed by atoms with Gasteiger partial charge in [0.25, 0.3) is 0 Å². The van der Waals surface area contributed by atoms with Gasteiger partial charge in [-0.1, -0.05) is 30.3 Å². The van der Waals surface area contributed by atoms with E-state index in [1.807, 2.05) is 37.3 Å². The highest BCUT2D eigenvalue weighted by molar-refractivity contribution is 7.86. The summed E-state index contributed by atoms with van der Waals surface area (Å²) in [5.74, 6) is 0.106. The van der Waals surface area contributed by atoms with Gasteiger partial charge in [-0.25, -0.2) is 4.79 Å². The number of rotatable bonds is 3. The van der Waals surface area contributed by atoms with Crippen LogP contribution in [0.5, 0.6) is 5.75 Å². The number of aryl methyl sites for hydroxylation is 1. The molecule has 0 saturated carbocycles. The number of hydrogen-bond donors (Lipinski definition) is 0. The Morgan fingerprint density at radius 2 is 1.74 bits per heavy atom. The molecule has 1 heterocycles. The number of hydrogen-bond acceptors (Lipinski definition) is 5. The molecule has 0 unspecified atom stereocenters. The Kier molecular flexibility index (Phi) is 3.69. The van der Waals surface area contributed by atoms with E-state index in [-0.39, 0.29) is 11.3 Å². The molecule has 1 aromatic heterocycles. The molecule has 0 aliphatic rings. The van der Waals surface area contributed by atoms with Crippen molar-refractivity contribution in [3.05, 3.63) is 64.5 Å². The van der Waals surface area contributed by atoms with E-state index in [0.29, 0.717) is 5.56 Å². The topological polar surface area (TPSA) is 73.6 Å². The Labute approximate surface area is 133 Å². The van der Waals surface area contributed by atoms with Gasteiger partial charge in [0.05, 0.1) is 11.8 Å². The maximum Gasteiger partial charge on any atom is 0.344 e. The maximum atomic E-state index is 12.3. The van der Waals surface area contributed by atoms with Crippen molar-refractivity contribution < 1.29 is 17.0 Å². The van der Waals surface area contributed by atoms with Crippen LogP contribution >= 0.6 is 0 Å². The zero-order chi connectivity index (χ0) is 16.6. The summed E-state index contributed by atoms with van der Waals surface area (Å²) in [6.45, 7) is 1.83. The first-order valence-electron chi connectivity index (χ1n) is 6.87. The fraction of sp³-hybridized carbons (Fsp3) is 0.118. The molecule has 3 aromatic rings. The lowest BCUT2D eigenvalue weighted by Crippen LogP contribution is -2.07. The molecule has 0 N–H and O–H groups in total. The molecule has 0 fully saturated rings. The van der Waals surface area contributed by atoms with Crippen molar-refractivity contribution in [1.29, 1.82) is 0 Å². The summed E-state index contributed by atoms with van der Waals surface area (Å²) in [6, 6.07) is 13.9. The lowest BCUT2D eigenvalue weighted by Gasteiger charge is -2.09. The zero-order valence-electron chi connectivity index (χ0n) is 12.6. The minimum Gasteiger partial charge on any atom is -0.422 e. The molecule has 0 atom stereocenters. The SMILES string of the molecule is Cc1c(-c2ccccc2)c(=O)oc2cc(OS(C)(=O)=O)ccc12. The molecule has 0 amide bonds. The van der Waals surface area contributed by atoms with Gasteiger partial charge in [0, 0.05) is 11.5 Å². The van der Waals surface area contributed by atoms with Crippen molar-refractivity contribution in [2.75, 3.05) is 6.26 Å². The standard InChI is InChI=1S/C17H14O5S/c1-11-14-9-8-13(22-23(2,19)20)10-15(14)21-17(18)16(11)12-6-4-3-5-7-12/h3-10H,1-2H3. The van der Waals surface area contributed by atoms with E-state index in [0.717, 1.165) is 22.8 Å². The van der Waals surface area contributed by atoms with Crippen molar-refractivity contribution in [3.63, 3.8) is 0 Å². The van der Waals surface area contributed by atoms with Crippen LogP contribution in [0.1, 0.15) is 5.56 Å². The Hall–Kier alpha value is -2.60. The molecule has 5 nitrogen and oxygen atoms in total. The summed E-state index contributed by atoms with van der Waals surface area (Å²) in [6.07, 6.45) is 0.955. The van der Waals surface area contributed by atoms with E-state index in [1.165, 1.54) is 12.1 Å². The highest BCUT2D eigenvalue weighted by atomic mass is 32.2. The van der Waals surface area contributed by atoms with E-state index in [4.69, 9.17) is 8.60 Å².